The summed E-state index contributed by atoms with van der Waals surface area (Å²) in [5, 5.41) is 4.87. The first-order valence-electron chi connectivity index (χ1n) is 11.1. The molecule has 0 saturated carbocycles. The zero-order valence-corrected chi connectivity index (χ0v) is 20.8. The van der Waals surface area contributed by atoms with Crippen LogP contribution in [0, 0.1) is 13.8 Å². The van der Waals surface area contributed by atoms with Crippen molar-refractivity contribution >= 4 is 34.6 Å². The Morgan fingerprint density at radius 2 is 1.76 bits per heavy atom. The molecule has 0 bridgehead atoms. The molecule has 5 nitrogen and oxygen atoms in total. The highest BCUT2D eigenvalue weighted by Crippen LogP contribution is 2.44. The Balaban J connectivity index is 1.70. The number of aryl methyl sites for hydroxylation is 1. The lowest BCUT2D eigenvalue weighted by Gasteiger charge is -2.28. The molecule has 172 valence electrons. The average molecular weight is 489 g/mol. The Labute approximate surface area is 210 Å². The molecule has 1 N–H and O–H groups in total. The molecule has 0 radical (unpaired) electrons. The third-order valence-electron chi connectivity index (χ3n) is 6.30. The average Bonchev–Trinajstić information content (AvgIpc) is 3.35. The second-order valence-electron chi connectivity index (χ2n) is 8.31. The fraction of sp³-hybridized carbons (Fsp3) is 0.185. The molecule has 2 aromatic heterocycles. The van der Waals surface area contributed by atoms with Gasteiger partial charge >= 0.3 is 0 Å². The number of methoxy groups -OCH3 is 1. The van der Waals surface area contributed by atoms with Crippen molar-refractivity contribution in [1.82, 2.24) is 14.9 Å². The van der Waals surface area contributed by atoms with E-state index in [9.17, 15) is 0 Å². The van der Waals surface area contributed by atoms with Crippen molar-refractivity contribution in [3.05, 3.63) is 107 Å². The molecule has 0 spiro atoms. The Morgan fingerprint density at radius 1 is 1.00 bits per heavy atom. The van der Waals surface area contributed by atoms with Gasteiger partial charge in [-0.05, 0) is 80.2 Å². The van der Waals surface area contributed by atoms with Gasteiger partial charge in [-0.3, -0.25) is 4.98 Å². The van der Waals surface area contributed by atoms with E-state index in [2.05, 4.69) is 51.8 Å². The van der Waals surface area contributed by atoms with Crippen LogP contribution in [0.2, 0.25) is 5.02 Å². The number of rotatable bonds is 5. The summed E-state index contributed by atoms with van der Waals surface area (Å²) in [4.78, 5) is 6.85. The molecule has 5 rings (SSSR count). The third-order valence-corrected chi connectivity index (χ3v) is 6.85. The number of halogens is 1. The van der Waals surface area contributed by atoms with Gasteiger partial charge in [-0.25, -0.2) is 0 Å². The fourth-order valence-electron chi connectivity index (χ4n) is 4.83. The number of anilines is 1. The van der Waals surface area contributed by atoms with Crippen LogP contribution in [0.15, 0.2) is 79.0 Å². The first-order chi connectivity index (χ1) is 16.5. The number of nitrogens with one attached hydrogen (secondary N) is 1. The predicted molar refractivity (Wildman–Crippen MR) is 141 cm³/mol. The molecule has 1 saturated heterocycles. The number of hydrogen-bond acceptors (Lipinski definition) is 3. The van der Waals surface area contributed by atoms with Gasteiger partial charge in [-0.2, -0.15) is 0 Å². The predicted octanol–water partition coefficient (Wildman–Crippen LogP) is 6.33. The van der Waals surface area contributed by atoms with Crippen LogP contribution in [0.4, 0.5) is 5.69 Å². The van der Waals surface area contributed by atoms with E-state index in [-0.39, 0.29) is 12.1 Å². The quantitative estimate of drug-likeness (QED) is 0.332. The summed E-state index contributed by atoms with van der Waals surface area (Å²) in [6, 6.07) is 23.9. The number of nitrogens with zero attached hydrogens (tertiary/aromatic N) is 3. The van der Waals surface area contributed by atoms with Crippen molar-refractivity contribution in [3.8, 4) is 11.4 Å². The minimum atomic E-state index is -0.107. The first kappa shape index (κ1) is 22.4. The topological polar surface area (TPSA) is 42.3 Å². The Kier molecular flexibility index (Phi) is 6.02. The Morgan fingerprint density at radius 3 is 2.47 bits per heavy atom. The molecule has 4 aromatic rings. The van der Waals surface area contributed by atoms with E-state index < -0.39 is 0 Å². The van der Waals surface area contributed by atoms with E-state index >= 15 is 0 Å². The van der Waals surface area contributed by atoms with Crippen LogP contribution < -0.4 is 15.0 Å². The van der Waals surface area contributed by atoms with Gasteiger partial charge in [0.15, 0.2) is 5.11 Å². The summed E-state index contributed by atoms with van der Waals surface area (Å²) >= 11 is 12.2. The highest BCUT2D eigenvalue weighted by Gasteiger charge is 2.42. The van der Waals surface area contributed by atoms with Crippen molar-refractivity contribution in [3.63, 3.8) is 0 Å². The number of benzene rings is 2. The van der Waals surface area contributed by atoms with Gasteiger partial charge in [0.05, 0.1) is 30.6 Å². The maximum absolute atomic E-state index is 6.38. The van der Waals surface area contributed by atoms with Crippen molar-refractivity contribution < 1.29 is 4.74 Å². The van der Waals surface area contributed by atoms with Crippen LogP contribution >= 0.6 is 23.8 Å². The highest BCUT2D eigenvalue weighted by atomic mass is 35.5. The molecular weight excluding hydrogens is 464 g/mol. The van der Waals surface area contributed by atoms with Crippen LogP contribution in [0.5, 0.6) is 5.75 Å². The van der Waals surface area contributed by atoms with Gasteiger partial charge in [0.2, 0.25) is 0 Å². The maximum atomic E-state index is 6.38. The van der Waals surface area contributed by atoms with Gasteiger partial charge < -0.3 is 19.5 Å². The summed E-state index contributed by atoms with van der Waals surface area (Å²) in [6.45, 7) is 4.23. The van der Waals surface area contributed by atoms with E-state index in [1.807, 2.05) is 60.8 Å². The van der Waals surface area contributed by atoms with Crippen molar-refractivity contribution in [2.24, 2.45) is 0 Å². The molecule has 1 aliphatic rings. The van der Waals surface area contributed by atoms with Gasteiger partial charge in [0.25, 0.3) is 0 Å². The lowest BCUT2D eigenvalue weighted by molar-refractivity contribution is 0.412. The van der Waals surface area contributed by atoms with Crippen LogP contribution in [0.25, 0.3) is 5.69 Å². The summed E-state index contributed by atoms with van der Waals surface area (Å²) in [5.41, 5.74) is 6.22. The minimum absolute atomic E-state index is 0.0880. The highest BCUT2D eigenvalue weighted by molar-refractivity contribution is 7.80. The largest absolute Gasteiger partial charge is 0.495 e. The Bertz CT molecular complexity index is 1340. The van der Waals surface area contributed by atoms with E-state index in [1.165, 1.54) is 0 Å². The fourth-order valence-corrected chi connectivity index (χ4v) is 5.35. The lowest BCUT2D eigenvalue weighted by Crippen LogP contribution is -2.29. The molecule has 1 aliphatic heterocycles. The standard InChI is InChI=1S/C27H25ClN4OS/c1-17-15-21(18(2)31(17)23-16-19(28)12-13-24(23)33-3)26-25(22-11-7-8-14-29-22)30-27(34)32(26)20-9-5-4-6-10-20/h4-16,25-26H,1-3H3,(H,30,34)/t25-,26+/m0/s1. The summed E-state index contributed by atoms with van der Waals surface area (Å²) in [5.74, 6) is 0.763. The van der Waals surface area contributed by atoms with E-state index in [0.717, 1.165) is 39.8 Å². The monoisotopic (exact) mass is 488 g/mol. The van der Waals surface area contributed by atoms with Gasteiger partial charge in [-0.1, -0.05) is 35.9 Å². The molecule has 2 atom stereocenters. The smallest absolute Gasteiger partial charge is 0.174 e. The lowest BCUT2D eigenvalue weighted by atomic mass is 9.96. The first-order valence-corrected chi connectivity index (χ1v) is 11.9. The number of aromatic nitrogens is 2. The molecule has 3 heterocycles. The number of para-hydroxylation sites is 1. The van der Waals surface area contributed by atoms with Crippen molar-refractivity contribution in [2.45, 2.75) is 25.9 Å². The number of ether oxygens (including phenoxy) is 1. The minimum Gasteiger partial charge on any atom is -0.495 e. The summed E-state index contributed by atoms with van der Waals surface area (Å²) < 4.78 is 7.86. The van der Waals surface area contributed by atoms with Gasteiger partial charge in [0.1, 0.15) is 5.75 Å². The van der Waals surface area contributed by atoms with Gasteiger partial charge in [-0.15, -0.1) is 0 Å². The van der Waals surface area contributed by atoms with Gasteiger partial charge in [0, 0.05) is 28.3 Å². The molecule has 7 heteroatoms. The van der Waals surface area contributed by atoms with Crippen molar-refractivity contribution in [1.29, 1.82) is 0 Å². The molecule has 0 unspecified atom stereocenters. The van der Waals surface area contributed by atoms with Crippen LogP contribution in [0.1, 0.15) is 34.7 Å². The second kappa shape index (κ2) is 9.12. The van der Waals surface area contributed by atoms with Crippen LogP contribution in [0.3, 0.4) is 0 Å². The molecule has 34 heavy (non-hydrogen) atoms. The summed E-state index contributed by atoms with van der Waals surface area (Å²) in [6.07, 6.45) is 1.82. The zero-order valence-electron chi connectivity index (χ0n) is 19.2. The third kappa shape index (κ3) is 3.83. The van der Waals surface area contributed by atoms with E-state index in [0.29, 0.717) is 10.1 Å². The molecule has 2 aromatic carbocycles. The second-order valence-corrected chi connectivity index (χ2v) is 9.13. The molecular formula is C27H25ClN4OS. The number of thiocarbonyl (C=S) groups is 1. The van der Waals surface area contributed by atoms with E-state index in [1.54, 1.807) is 7.11 Å². The SMILES string of the molecule is COc1ccc(Cl)cc1-n1c(C)cc([C@@H]2[C@H](c3ccccn3)NC(=S)N2c2ccccc2)c1C. The molecule has 1 fully saturated rings. The molecule has 0 amide bonds. The van der Waals surface area contributed by atoms with Crippen LogP contribution in [-0.4, -0.2) is 21.8 Å². The normalized spacial score (nSPS) is 17.6. The molecule has 0 aliphatic carbocycles. The Hall–Kier alpha value is -3.35. The zero-order chi connectivity index (χ0) is 23.8. The van der Waals surface area contributed by atoms with Crippen molar-refractivity contribution in [2.75, 3.05) is 12.0 Å². The van der Waals surface area contributed by atoms with E-state index in [4.69, 9.17) is 28.6 Å². The number of hydrogen-bond donors (Lipinski definition) is 1. The maximum Gasteiger partial charge on any atom is 0.174 e. The number of pyridine rings is 1. The summed E-state index contributed by atoms with van der Waals surface area (Å²) in [7, 11) is 1.68. The van der Waals surface area contributed by atoms with Crippen LogP contribution in [-0.2, 0) is 0 Å².